The summed E-state index contributed by atoms with van der Waals surface area (Å²) < 4.78 is 5.25. The van der Waals surface area contributed by atoms with Gasteiger partial charge in [0.05, 0.1) is 17.7 Å². The molecule has 98 valence electrons. The van der Waals surface area contributed by atoms with E-state index in [0.717, 1.165) is 11.1 Å². The van der Waals surface area contributed by atoms with Gasteiger partial charge in [0.1, 0.15) is 5.75 Å². The average Bonchev–Trinajstić information content (AvgIpc) is 2.40. The molecule has 0 aromatic heterocycles. The Hall–Kier alpha value is -1.80. The molecule has 0 saturated carbocycles. The lowest BCUT2D eigenvalue weighted by Gasteiger charge is -2.10. The molecule has 19 heavy (non-hydrogen) atoms. The summed E-state index contributed by atoms with van der Waals surface area (Å²) in [7, 11) is 1.55. The minimum atomic E-state index is -0.116. The lowest BCUT2D eigenvalue weighted by molar-refractivity contribution is 0.103. The lowest BCUT2D eigenvalue weighted by atomic mass is 9.99. The number of carbonyl (C=O) groups excluding carboxylic acids is 1. The zero-order valence-corrected chi connectivity index (χ0v) is 11.9. The Morgan fingerprint density at radius 3 is 2.21 bits per heavy atom. The van der Waals surface area contributed by atoms with Crippen molar-refractivity contribution in [3.63, 3.8) is 0 Å². The molecular weight excluding hydrogens is 260 g/mol. The first-order chi connectivity index (χ1) is 9.02. The Morgan fingerprint density at radius 1 is 1.00 bits per heavy atom. The highest BCUT2D eigenvalue weighted by atomic mass is 35.5. The van der Waals surface area contributed by atoms with E-state index < -0.39 is 0 Å². The van der Waals surface area contributed by atoms with Crippen molar-refractivity contribution < 1.29 is 9.53 Å². The van der Waals surface area contributed by atoms with Crippen LogP contribution in [0.1, 0.15) is 27.0 Å². The van der Waals surface area contributed by atoms with Crippen LogP contribution < -0.4 is 4.74 Å². The Labute approximate surface area is 118 Å². The van der Waals surface area contributed by atoms with Gasteiger partial charge in [0.15, 0.2) is 5.78 Å². The third-order valence-corrected chi connectivity index (χ3v) is 3.30. The Bertz CT molecular complexity index is 633. The summed E-state index contributed by atoms with van der Waals surface area (Å²) in [5.41, 5.74) is 3.05. The van der Waals surface area contributed by atoms with E-state index in [-0.39, 0.29) is 5.78 Å². The topological polar surface area (TPSA) is 26.3 Å². The van der Waals surface area contributed by atoms with Crippen LogP contribution in [0.25, 0.3) is 0 Å². The molecule has 2 nitrogen and oxygen atoms in total. The minimum absolute atomic E-state index is 0.116. The van der Waals surface area contributed by atoms with Gasteiger partial charge >= 0.3 is 0 Å². The quantitative estimate of drug-likeness (QED) is 0.784. The SMILES string of the molecule is COc1ccc(C)cc1C(=O)c1cc(C)ccc1Cl. The van der Waals surface area contributed by atoms with E-state index in [1.54, 1.807) is 25.3 Å². The van der Waals surface area contributed by atoms with Gasteiger partial charge in [-0.05, 0) is 38.1 Å². The molecule has 2 aromatic rings. The van der Waals surface area contributed by atoms with Crippen molar-refractivity contribution in [2.75, 3.05) is 7.11 Å². The molecule has 3 heteroatoms. The second kappa shape index (κ2) is 5.45. The van der Waals surface area contributed by atoms with Crippen LogP contribution >= 0.6 is 11.6 Å². The van der Waals surface area contributed by atoms with Crippen molar-refractivity contribution in [3.05, 3.63) is 63.7 Å². The predicted octanol–water partition coefficient (Wildman–Crippen LogP) is 4.20. The zero-order chi connectivity index (χ0) is 14.0. The third kappa shape index (κ3) is 2.79. The van der Waals surface area contributed by atoms with Crippen molar-refractivity contribution >= 4 is 17.4 Å². The van der Waals surface area contributed by atoms with Gasteiger partial charge < -0.3 is 4.74 Å². The maximum Gasteiger partial charge on any atom is 0.198 e. The number of carbonyl (C=O) groups is 1. The summed E-state index contributed by atoms with van der Waals surface area (Å²) in [6.45, 7) is 3.87. The van der Waals surface area contributed by atoms with Gasteiger partial charge in [-0.15, -0.1) is 0 Å². The maximum atomic E-state index is 12.6. The van der Waals surface area contributed by atoms with Crippen LogP contribution in [0.15, 0.2) is 36.4 Å². The second-order valence-corrected chi connectivity index (χ2v) is 4.92. The number of ether oxygens (including phenoxy) is 1. The lowest BCUT2D eigenvalue weighted by Crippen LogP contribution is -2.05. The molecule has 0 aliphatic carbocycles. The fourth-order valence-electron chi connectivity index (χ4n) is 1.96. The Morgan fingerprint density at radius 2 is 1.58 bits per heavy atom. The molecule has 0 N–H and O–H groups in total. The van der Waals surface area contributed by atoms with Crippen molar-refractivity contribution in [1.82, 2.24) is 0 Å². The van der Waals surface area contributed by atoms with Crippen LogP contribution in [0.5, 0.6) is 5.75 Å². The van der Waals surface area contributed by atoms with Crippen molar-refractivity contribution in [1.29, 1.82) is 0 Å². The van der Waals surface area contributed by atoms with Gasteiger partial charge in [0.25, 0.3) is 0 Å². The smallest absolute Gasteiger partial charge is 0.198 e. The minimum Gasteiger partial charge on any atom is -0.496 e. The molecule has 0 aliphatic heterocycles. The number of ketones is 1. The second-order valence-electron chi connectivity index (χ2n) is 4.52. The van der Waals surface area contributed by atoms with Gasteiger partial charge in [-0.2, -0.15) is 0 Å². The summed E-state index contributed by atoms with van der Waals surface area (Å²) in [6.07, 6.45) is 0. The number of methoxy groups -OCH3 is 1. The first kappa shape index (κ1) is 13.6. The van der Waals surface area contributed by atoms with Gasteiger partial charge in [0, 0.05) is 5.56 Å². The number of aryl methyl sites for hydroxylation is 2. The summed E-state index contributed by atoms with van der Waals surface area (Å²) in [5.74, 6) is 0.447. The van der Waals surface area contributed by atoms with Crippen molar-refractivity contribution in [2.45, 2.75) is 13.8 Å². The van der Waals surface area contributed by atoms with E-state index in [9.17, 15) is 4.79 Å². The standard InChI is InChI=1S/C16H15ClO2/c1-10-4-6-14(17)12(8-10)16(18)13-9-11(2)5-7-15(13)19-3/h4-9H,1-3H3. The molecule has 2 rings (SSSR count). The molecule has 0 amide bonds. The molecule has 0 aliphatic rings. The molecule has 0 atom stereocenters. The zero-order valence-electron chi connectivity index (χ0n) is 11.2. The Kier molecular flexibility index (Phi) is 3.91. The maximum absolute atomic E-state index is 12.6. The van der Waals surface area contributed by atoms with Crippen LogP contribution in [0.3, 0.4) is 0 Å². The van der Waals surface area contributed by atoms with E-state index in [1.165, 1.54) is 0 Å². The summed E-state index contributed by atoms with van der Waals surface area (Å²) in [4.78, 5) is 12.6. The normalized spacial score (nSPS) is 10.3. The number of halogens is 1. The molecule has 0 heterocycles. The van der Waals surface area contributed by atoms with Crippen LogP contribution in [0, 0.1) is 13.8 Å². The van der Waals surface area contributed by atoms with Gasteiger partial charge in [-0.3, -0.25) is 4.79 Å². The molecule has 2 aromatic carbocycles. The highest BCUT2D eigenvalue weighted by Gasteiger charge is 2.17. The predicted molar refractivity (Wildman–Crippen MR) is 77.4 cm³/mol. The highest BCUT2D eigenvalue weighted by Crippen LogP contribution is 2.26. The fraction of sp³-hybridized carbons (Fsp3) is 0.188. The Balaban J connectivity index is 2.55. The molecule has 0 bridgehead atoms. The molecule has 0 radical (unpaired) electrons. The van der Waals surface area contributed by atoms with Gasteiger partial charge in [0.2, 0.25) is 0 Å². The molecule has 0 unspecified atom stereocenters. The van der Waals surface area contributed by atoms with Crippen LogP contribution in [-0.2, 0) is 0 Å². The van der Waals surface area contributed by atoms with Gasteiger partial charge in [-0.25, -0.2) is 0 Å². The van der Waals surface area contributed by atoms with E-state index >= 15 is 0 Å². The van der Waals surface area contributed by atoms with Gasteiger partial charge in [-0.1, -0.05) is 34.9 Å². The summed E-state index contributed by atoms with van der Waals surface area (Å²) >= 11 is 6.11. The van der Waals surface area contributed by atoms with Crippen LogP contribution in [0.4, 0.5) is 0 Å². The van der Waals surface area contributed by atoms with E-state index in [1.807, 2.05) is 32.0 Å². The fourth-order valence-corrected chi connectivity index (χ4v) is 2.16. The molecule has 0 fully saturated rings. The summed E-state index contributed by atoms with van der Waals surface area (Å²) in [5, 5.41) is 0.458. The third-order valence-electron chi connectivity index (χ3n) is 2.97. The van der Waals surface area contributed by atoms with E-state index in [4.69, 9.17) is 16.3 Å². The summed E-state index contributed by atoms with van der Waals surface area (Å²) in [6, 6.07) is 10.9. The van der Waals surface area contributed by atoms with E-state index in [2.05, 4.69) is 0 Å². The van der Waals surface area contributed by atoms with Crippen LogP contribution in [0.2, 0.25) is 5.02 Å². The first-order valence-corrected chi connectivity index (χ1v) is 6.36. The van der Waals surface area contributed by atoms with E-state index in [0.29, 0.717) is 21.9 Å². The molecular formula is C16H15ClO2. The van der Waals surface area contributed by atoms with Crippen LogP contribution in [-0.4, -0.2) is 12.9 Å². The number of hydrogen-bond donors (Lipinski definition) is 0. The van der Waals surface area contributed by atoms with Crippen molar-refractivity contribution in [2.24, 2.45) is 0 Å². The molecule has 0 spiro atoms. The number of hydrogen-bond acceptors (Lipinski definition) is 2. The largest absolute Gasteiger partial charge is 0.496 e. The number of rotatable bonds is 3. The first-order valence-electron chi connectivity index (χ1n) is 5.98. The molecule has 0 saturated heterocycles. The van der Waals surface area contributed by atoms with Crippen molar-refractivity contribution in [3.8, 4) is 5.75 Å². The average molecular weight is 275 g/mol. The monoisotopic (exact) mass is 274 g/mol. The highest BCUT2D eigenvalue weighted by molar-refractivity contribution is 6.35. The number of benzene rings is 2.